The van der Waals surface area contributed by atoms with Crippen LogP contribution in [0, 0.1) is 41.5 Å². The minimum absolute atomic E-state index is 0.608. The van der Waals surface area contributed by atoms with Crippen LogP contribution in [0.15, 0.2) is 0 Å². The van der Waals surface area contributed by atoms with Crippen LogP contribution in [0.1, 0.15) is 147 Å². The Hall–Kier alpha value is -8.34. The van der Waals surface area contributed by atoms with E-state index in [9.17, 15) is 0 Å². The van der Waals surface area contributed by atoms with Gasteiger partial charge in [-0.05, 0) is 80.6 Å². The molecule has 0 atom stereocenters. The van der Waals surface area contributed by atoms with Crippen LogP contribution < -0.4 is 62.1 Å². The molecule has 6 aromatic heterocycles. The highest BCUT2D eigenvalue weighted by Crippen LogP contribution is 2.12. The first-order chi connectivity index (χ1) is 41.5. The first kappa shape index (κ1) is 76.7. The summed E-state index contributed by atoms with van der Waals surface area (Å²) in [6, 6.07) is 0. The van der Waals surface area contributed by atoms with Crippen molar-refractivity contribution in [3.05, 3.63) is 34.9 Å². The summed E-state index contributed by atoms with van der Waals surface area (Å²) in [5, 5.41) is 24.8. The second-order valence-corrected chi connectivity index (χ2v) is 20.4. The summed E-state index contributed by atoms with van der Waals surface area (Å²) in [6.45, 7) is 29.4. The van der Waals surface area contributed by atoms with E-state index < -0.39 is 0 Å². The fourth-order valence-corrected chi connectivity index (χ4v) is 6.63. The van der Waals surface area contributed by atoms with Gasteiger partial charge in [0.25, 0.3) is 0 Å². The molecule has 0 radical (unpaired) electrons. The number of nitrogens with zero attached hydrogens (tertiary/aromatic N) is 22. The fraction of sp³-hybridized carbons (Fsp3) is 0.684. The van der Waals surface area contributed by atoms with Crippen molar-refractivity contribution in [1.29, 1.82) is 0 Å². The smallest absolute Gasteiger partial charge is 0.229 e. The number of anilines is 12. The second-order valence-electron chi connectivity index (χ2n) is 20.4. The maximum atomic E-state index is 4.32. The highest BCUT2D eigenvalue weighted by molar-refractivity contribution is 5.39. The maximum absolute atomic E-state index is 4.32. The standard InChI is InChI=1S/C11H21N5.2C10H19N5.2C9H17N5.C8H15N5/c1-5-6-7-8-12-10-13-9(2)14-11(15-10)16(3)4;1-5-6-7-11-9-12-8(2)13-10(14-9)15(3)4;1-4-5-6-7-12-10-14-8(2)13-9(11-3)15-10;1-5-6-10-8-11-7(2)12-9(13-8)14(3)4;1-4-5-6-11-9-13-7(2)12-8(10-3)14-9;1-5-9-7-10-6(2)11-8(12-7)13(3)4/h5-8H2,1-4H3,(H,12,13,14,15);5-7H2,1-4H3,(H,11,12,13,14);4-7H2,1-3H3,(H2,11,12,13,14,15);5-6H2,1-4H3,(H,10,11,12,13);4-6H2,1-3H3,(H2,10,11,12,13,14);5H2,1-4H3,(H,9,10,11,12). The van der Waals surface area contributed by atoms with Crippen molar-refractivity contribution >= 4 is 71.4 Å². The normalized spacial score (nSPS) is 10.0. The summed E-state index contributed by atoms with van der Waals surface area (Å²) in [7, 11) is 18.9. The predicted octanol–water partition coefficient (Wildman–Crippen LogP) is 8.31. The van der Waals surface area contributed by atoms with Crippen molar-refractivity contribution in [2.45, 2.75) is 154 Å². The predicted molar refractivity (Wildman–Crippen MR) is 360 cm³/mol. The molecule has 30 nitrogen and oxygen atoms in total. The molecule has 0 aromatic carbocycles. The molecule has 0 amide bonds. The number of unbranched alkanes of at least 4 members (excludes halogenated alkanes) is 6. The van der Waals surface area contributed by atoms with Gasteiger partial charge in [-0.15, -0.1) is 0 Å². The molecule has 87 heavy (non-hydrogen) atoms. The Balaban J connectivity index is 0.000000523. The molecule has 0 spiro atoms. The van der Waals surface area contributed by atoms with Crippen LogP contribution in [0.2, 0.25) is 0 Å². The minimum Gasteiger partial charge on any atom is -0.357 e. The van der Waals surface area contributed by atoms with Crippen molar-refractivity contribution in [2.24, 2.45) is 0 Å². The van der Waals surface area contributed by atoms with Crippen LogP contribution in [-0.2, 0) is 0 Å². The Morgan fingerprint density at radius 1 is 0.241 bits per heavy atom. The summed E-state index contributed by atoms with van der Waals surface area (Å²) in [4.78, 5) is 83.3. The second kappa shape index (κ2) is 45.0. The summed E-state index contributed by atoms with van der Waals surface area (Å²) in [5.41, 5.74) is 0. The molecule has 0 aliphatic heterocycles. The van der Waals surface area contributed by atoms with Crippen LogP contribution in [-0.4, -0.2) is 199 Å². The Morgan fingerprint density at radius 2 is 0.471 bits per heavy atom. The van der Waals surface area contributed by atoms with Gasteiger partial charge >= 0.3 is 0 Å². The zero-order valence-corrected chi connectivity index (χ0v) is 56.9. The summed E-state index contributed by atoms with van der Waals surface area (Å²) >= 11 is 0. The monoisotopic (exact) mass is 1210 g/mol. The van der Waals surface area contributed by atoms with E-state index in [4.69, 9.17) is 0 Å². The van der Waals surface area contributed by atoms with Gasteiger partial charge in [-0.1, -0.05) is 73.1 Å². The zero-order valence-electron chi connectivity index (χ0n) is 56.9. The molecule has 6 rings (SSSR count). The van der Waals surface area contributed by atoms with E-state index in [1.807, 2.05) is 124 Å². The number of rotatable bonds is 29. The highest BCUT2D eigenvalue weighted by Gasteiger charge is 2.09. The summed E-state index contributed by atoms with van der Waals surface area (Å²) < 4.78 is 0. The first-order valence-corrected chi connectivity index (χ1v) is 30.4. The lowest BCUT2D eigenvalue weighted by atomic mass is 10.2. The van der Waals surface area contributed by atoms with E-state index in [1.165, 1.54) is 25.7 Å². The van der Waals surface area contributed by atoms with E-state index in [0.717, 1.165) is 119 Å². The van der Waals surface area contributed by atoms with Gasteiger partial charge in [0.1, 0.15) is 34.9 Å². The average Bonchev–Trinajstić information content (AvgIpc) is 3.64. The molecule has 0 aliphatic rings. The average molecular weight is 1210 g/mol. The Bertz CT molecular complexity index is 2760. The molecule has 0 fully saturated rings. The number of aromatic nitrogens is 18. The molecule has 486 valence electrons. The molecule has 0 bridgehead atoms. The van der Waals surface area contributed by atoms with E-state index in [-0.39, 0.29) is 0 Å². The van der Waals surface area contributed by atoms with Gasteiger partial charge in [0.05, 0.1) is 0 Å². The van der Waals surface area contributed by atoms with Gasteiger partial charge in [-0.25, -0.2) is 0 Å². The third-order valence-electron chi connectivity index (χ3n) is 11.1. The molecule has 0 saturated carbocycles. The van der Waals surface area contributed by atoms with Crippen LogP contribution >= 0.6 is 0 Å². The highest BCUT2D eigenvalue weighted by atomic mass is 15.3. The van der Waals surface area contributed by atoms with Crippen molar-refractivity contribution in [1.82, 2.24) is 89.7 Å². The molecule has 6 heterocycles. The van der Waals surface area contributed by atoms with Gasteiger partial charge in [-0.2, -0.15) is 89.7 Å². The van der Waals surface area contributed by atoms with E-state index in [1.54, 1.807) is 14.1 Å². The third kappa shape index (κ3) is 35.0. The molecule has 0 unspecified atom stereocenters. The van der Waals surface area contributed by atoms with E-state index in [2.05, 4.69) is 167 Å². The van der Waals surface area contributed by atoms with Crippen molar-refractivity contribution in [3.63, 3.8) is 0 Å². The largest absolute Gasteiger partial charge is 0.357 e. The SMILES string of the molecule is CCCCCNc1nc(C)nc(N(C)C)n1.CCCCCNc1nc(C)nc(NC)n1.CCCCNc1nc(C)nc(N(C)C)n1.CCCCNc1nc(C)nc(NC)n1.CCCNc1nc(C)nc(N(C)C)n1.CCNc1nc(C)nc(N(C)C)n1. The molecule has 6 aromatic rings. The number of aryl methyl sites for hydroxylation is 6. The molecular formula is C57H108N30. The number of hydrogen-bond acceptors (Lipinski definition) is 30. The van der Waals surface area contributed by atoms with Gasteiger partial charge in [0, 0.05) is 110 Å². The topological polar surface area (TPSA) is 341 Å². The summed E-state index contributed by atoms with van der Waals surface area (Å²) in [6.07, 6.45) is 12.8. The maximum Gasteiger partial charge on any atom is 0.229 e. The van der Waals surface area contributed by atoms with Crippen LogP contribution in [0.4, 0.5) is 71.4 Å². The Morgan fingerprint density at radius 3 is 0.713 bits per heavy atom. The van der Waals surface area contributed by atoms with Crippen molar-refractivity contribution in [2.75, 3.05) is 172 Å². The molecule has 0 aliphatic carbocycles. The Kier molecular flexibility index (Phi) is 39.7. The van der Waals surface area contributed by atoms with Crippen LogP contribution in [0.25, 0.3) is 0 Å². The van der Waals surface area contributed by atoms with E-state index >= 15 is 0 Å². The molecule has 0 saturated heterocycles. The first-order valence-electron chi connectivity index (χ1n) is 30.4. The van der Waals surface area contributed by atoms with Gasteiger partial charge in [-0.3, -0.25) is 0 Å². The quantitative estimate of drug-likeness (QED) is 0.0205. The van der Waals surface area contributed by atoms with Crippen LogP contribution in [0.5, 0.6) is 0 Å². The lowest BCUT2D eigenvalue weighted by molar-refractivity contribution is 0.738. The fourth-order valence-electron chi connectivity index (χ4n) is 6.63. The van der Waals surface area contributed by atoms with Gasteiger partial charge in [0.2, 0.25) is 71.4 Å². The zero-order chi connectivity index (χ0) is 65.1. The third-order valence-corrected chi connectivity index (χ3v) is 11.1. The van der Waals surface area contributed by atoms with Gasteiger partial charge < -0.3 is 62.1 Å². The number of hydrogen-bond donors (Lipinski definition) is 8. The lowest BCUT2D eigenvalue weighted by Gasteiger charge is -2.12. The van der Waals surface area contributed by atoms with Gasteiger partial charge in [0.15, 0.2) is 0 Å². The Labute approximate surface area is 519 Å². The van der Waals surface area contributed by atoms with Crippen molar-refractivity contribution < 1.29 is 0 Å². The summed E-state index contributed by atoms with van der Waals surface area (Å²) in [5.74, 6) is 12.3. The molecular weight excluding hydrogens is 1100 g/mol. The molecule has 8 N–H and O–H groups in total. The molecule has 30 heteroatoms. The minimum atomic E-state index is 0.608. The number of nitrogens with one attached hydrogen (secondary N) is 8. The van der Waals surface area contributed by atoms with Crippen molar-refractivity contribution in [3.8, 4) is 0 Å². The van der Waals surface area contributed by atoms with Crippen LogP contribution in [0.3, 0.4) is 0 Å². The lowest BCUT2D eigenvalue weighted by Crippen LogP contribution is -2.16. The van der Waals surface area contributed by atoms with E-state index in [0.29, 0.717) is 71.4 Å².